The Balaban J connectivity index is 1.83. The van der Waals surface area contributed by atoms with Crippen LogP contribution in [-0.4, -0.2) is 32.5 Å². The van der Waals surface area contributed by atoms with Crippen LogP contribution in [0, 0.1) is 0 Å². The van der Waals surface area contributed by atoms with Gasteiger partial charge in [-0.05, 0) is 31.5 Å². The van der Waals surface area contributed by atoms with Gasteiger partial charge in [0.1, 0.15) is 11.5 Å². The number of hydrogen-bond donors (Lipinski definition) is 1. The highest BCUT2D eigenvalue weighted by molar-refractivity contribution is 5.86. The molecule has 0 aliphatic carbocycles. The smallest absolute Gasteiger partial charge is 0.433 e. The minimum atomic E-state index is -4.53. The normalized spacial score (nSPS) is 18.9. The first kappa shape index (κ1) is 16.4. The van der Waals surface area contributed by atoms with Crippen LogP contribution >= 0.6 is 0 Å². The summed E-state index contributed by atoms with van der Waals surface area (Å²) >= 11 is 0. The van der Waals surface area contributed by atoms with Crippen LogP contribution in [0.5, 0.6) is 0 Å². The van der Waals surface area contributed by atoms with E-state index in [4.69, 9.17) is 9.52 Å². The van der Waals surface area contributed by atoms with Crippen molar-refractivity contribution >= 4 is 5.97 Å². The number of carboxylic acid groups (broad SMARTS) is 1. The summed E-state index contributed by atoms with van der Waals surface area (Å²) in [6, 6.07) is 2.00. The number of furan rings is 1. The van der Waals surface area contributed by atoms with E-state index in [1.54, 1.807) is 6.07 Å². The van der Waals surface area contributed by atoms with Crippen LogP contribution in [-0.2, 0) is 12.7 Å². The fourth-order valence-electron chi connectivity index (χ4n) is 2.87. The Bertz CT molecular complexity index is 745. The second-order valence-electron chi connectivity index (χ2n) is 5.51. The SMILES string of the molecule is O=C(O)c1occc1CN1CCCC1c1nccc(C(F)(F)F)n1. The van der Waals surface area contributed by atoms with Crippen molar-refractivity contribution in [3.05, 3.63) is 47.4 Å². The lowest BCUT2D eigenvalue weighted by atomic mass is 10.1. The summed E-state index contributed by atoms with van der Waals surface area (Å²) in [7, 11) is 0. The average Bonchev–Trinajstić information content (AvgIpc) is 3.16. The molecule has 128 valence electrons. The molecule has 1 aliphatic rings. The van der Waals surface area contributed by atoms with E-state index in [2.05, 4.69) is 9.97 Å². The molecule has 1 aliphatic heterocycles. The quantitative estimate of drug-likeness (QED) is 0.920. The number of halogens is 3. The summed E-state index contributed by atoms with van der Waals surface area (Å²) < 4.78 is 43.4. The zero-order valence-corrected chi connectivity index (χ0v) is 12.5. The number of carbonyl (C=O) groups is 1. The van der Waals surface area contributed by atoms with E-state index in [-0.39, 0.29) is 24.2 Å². The summed E-state index contributed by atoms with van der Waals surface area (Å²) in [5.74, 6) is -1.24. The molecule has 0 spiro atoms. The van der Waals surface area contributed by atoms with Gasteiger partial charge in [-0.2, -0.15) is 13.2 Å². The predicted molar refractivity (Wildman–Crippen MR) is 75.1 cm³/mol. The Morgan fingerprint density at radius 3 is 2.92 bits per heavy atom. The first-order valence-corrected chi connectivity index (χ1v) is 7.30. The molecule has 0 radical (unpaired) electrons. The molecular formula is C15H14F3N3O3. The molecule has 1 N–H and O–H groups in total. The molecule has 1 unspecified atom stereocenters. The summed E-state index contributed by atoms with van der Waals surface area (Å²) in [5.41, 5.74) is -0.504. The Morgan fingerprint density at radius 2 is 2.21 bits per heavy atom. The molecule has 3 rings (SSSR count). The molecule has 6 nitrogen and oxygen atoms in total. The molecule has 1 fully saturated rings. The van der Waals surface area contributed by atoms with Crippen LogP contribution in [0.2, 0.25) is 0 Å². The molecule has 1 atom stereocenters. The molecular weight excluding hydrogens is 327 g/mol. The highest BCUT2D eigenvalue weighted by atomic mass is 19.4. The van der Waals surface area contributed by atoms with Gasteiger partial charge in [0.2, 0.25) is 5.76 Å². The van der Waals surface area contributed by atoms with Gasteiger partial charge in [0.25, 0.3) is 0 Å². The van der Waals surface area contributed by atoms with Crippen molar-refractivity contribution in [2.24, 2.45) is 0 Å². The van der Waals surface area contributed by atoms with Crippen molar-refractivity contribution in [2.75, 3.05) is 6.54 Å². The standard InChI is InChI=1S/C15H14F3N3O3/c16-15(17,18)11-3-5-19-13(20-11)10-2-1-6-21(10)8-9-4-7-24-12(9)14(22)23/h3-5,7,10H,1-2,6,8H2,(H,22,23). The number of aromatic nitrogens is 2. The van der Waals surface area contributed by atoms with Gasteiger partial charge in [-0.25, -0.2) is 14.8 Å². The Morgan fingerprint density at radius 1 is 1.42 bits per heavy atom. The third kappa shape index (κ3) is 3.25. The zero-order valence-electron chi connectivity index (χ0n) is 12.5. The highest BCUT2D eigenvalue weighted by Crippen LogP contribution is 2.34. The van der Waals surface area contributed by atoms with Crippen molar-refractivity contribution in [2.45, 2.75) is 31.6 Å². The fourth-order valence-corrected chi connectivity index (χ4v) is 2.87. The Hall–Kier alpha value is -2.42. The maximum absolute atomic E-state index is 12.8. The number of likely N-dealkylation sites (tertiary alicyclic amines) is 1. The monoisotopic (exact) mass is 341 g/mol. The first-order chi connectivity index (χ1) is 11.4. The van der Waals surface area contributed by atoms with E-state index in [1.165, 1.54) is 6.26 Å². The molecule has 24 heavy (non-hydrogen) atoms. The third-order valence-electron chi connectivity index (χ3n) is 3.94. The van der Waals surface area contributed by atoms with E-state index in [0.717, 1.165) is 18.7 Å². The lowest BCUT2D eigenvalue weighted by Gasteiger charge is -2.23. The number of rotatable bonds is 4. The minimum absolute atomic E-state index is 0.0997. The van der Waals surface area contributed by atoms with E-state index >= 15 is 0 Å². The van der Waals surface area contributed by atoms with Gasteiger partial charge < -0.3 is 9.52 Å². The van der Waals surface area contributed by atoms with Gasteiger partial charge >= 0.3 is 12.1 Å². The third-order valence-corrected chi connectivity index (χ3v) is 3.94. The topological polar surface area (TPSA) is 79.5 Å². The lowest BCUT2D eigenvalue weighted by Crippen LogP contribution is -2.25. The van der Waals surface area contributed by atoms with Crippen LogP contribution in [0.4, 0.5) is 13.2 Å². The number of carboxylic acids is 1. The van der Waals surface area contributed by atoms with Gasteiger partial charge in [-0.1, -0.05) is 0 Å². The largest absolute Gasteiger partial charge is 0.475 e. The van der Waals surface area contributed by atoms with Crippen LogP contribution in [0.25, 0.3) is 0 Å². The number of aromatic carboxylic acids is 1. The maximum atomic E-state index is 12.8. The van der Waals surface area contributed by atoms with Crippen LogP contribution in [0.15, 0.2) is 29.0 Å². The maximum Gasteiger partial charge on any atom is 0.433 e. The van der Waals surface area contributed by atoms with Crippen molar-refractivity contribution in [3.63, 3.8) is 0 Å². The van der Waals surface area contributed by atoms with Crippen molar-refractivity contribution < 1.29 is 27.5 Å². The Labute approximate surface area is 134 Å². The van der Waals surface area contributed by atoms with Crippen LogP contribution in [0.1, 0.15) is 46.5 Å². The first-order valence-electron chi connectivity index (χ1n) is 7.30. The molecule has 1 saturated heterocycles. The number of nitrogens with zero attached hydrogens (tertiary/aromatic N) is 3. The lowest BCUT2D eigenvalue weighted by molar-refractivity contribution is -0.141. The summed E-state index contributed by atoms with van der Waals surface area (Å²) in [6.07, 6.45) is -0.763. The van der Waals surface area contributed by atoms with Crippen molar-refractivity contribution in [1.82, 2.24) is 14.9 Å². The average molecular weight is 341 g/mol. The van der Waals surface area contributed by atoms with Gasteiger partial charge in [-0.15, -0.1) is 0 Å². The summed E-state index contributed by atoms with van der Waals surface area (Å²) in [5, 5.41) is 9.08. The molecule has 0 amide bonds. The van der Waals surface area contributed by atoms with Gasteiger partial charge in [0.15, 0.2) is 0 Å². The van der Waals surface area contributed by atoms with Gasteiger partial charge in [-0.3, -0.25) is 4.90 Å². The number of alkyl halides is 3. The Kier molecular flexibility index (Phi) is 4.27. The fraction of sp³-hybridized carbons (Fsp3) is 0.400. The van der Waals surface area contributed by atoms with Crippen molar-refractivity contribution in [1.29, 1.82) is 0 Å². The molecule has 0 bridgehead atoms. The van der Waals surface area contributed by atoms with E-state index in [0.29, 0.717) is 18.5 Å². The van der Waals surface area contributed by atoms with E-state index in [1.807, 2.05) is 4.90 Å². The molecule has 3 heterocycles. The molecule has 0 saturated carbocycles. The van der Waals surface area contributed by atoms with Gasteiger partial charge in [0, 0.05) is 18.3 Å². The second kappa shape index (κ2) is 6.23. The summed E-state index contributed by atoms with van der Waals surface area (Å²) in [4.78, 5) is 20.6. The molecule has 2 aromatic rings. The predicted octanol–water partition coefficient (Wildman–Crippen LogP) is 3.12. The van der Waals surface area contributed by atoms with Crippen LogP contribution < -0.4 is 0 Å². The number of hydrogen-bond acceptors (Lipinski definition) is 5. The minimum Gasteiger partial charge on any atom is -0.475 e. The highest BCUT2D eigenvalue weighted by Gasteiger charge is 2.35. The molecule has 0 aromatic carbocycles. The van der Waals surface area contributed by atoms with E-state index in [9.17, 15) is 18.0 Å². The van der Waals surface area contributed by atoms with Gasteiger partial charge in [0.05, 0.1) is 12.3 Å². The molecule has 9 heteroatoms. The zero-order chi connectivity index (χ0) is 17.3. The van der Waals surface area contributed by atoms with E-state index < -0.39 is 17.8 Å². The van der Waals surface area contributed by atoms with Crippen LogP contribution in [0.3, 0.4) is 0 Å². The second-order valence-corrected chi connectivity index (χ2v) is 5.51. The molecule has 2 aromatic heterocycles. The summed E-state index contributed by atoms with van der Waals surface area (Å²) in [6.45, 7) is 0.872. The van der Waals surface area contributed by atoms with Crippen molar-refractivity contribution in [3.8, 4) is 0 Å².